The van der Waals surface area contributed by atoms with Gasteiger partial charge in [-0.25, -0.2) is 0 Å². The minimum atomic E-state index is -1.20. The van der Waals surface area contributed by atoms with Gasteiger partial charge in [0.1, 0.15) is 0 Å². The van der Waals surface area contributed by atoms with Crippen LogP contribution >= 0.6 is 0 Å². The van der Waals surface area contributed by atoms with E-state index in [1.807, 2.05) is 6.20 Å². The highest BCUT2D eigenvalue weighted by atomic mass is 28.4. The van der Waals surface area contributed by atoms with Crippen molar-refractivity contribution < 1.29 is 0 Å². The third kappa shape index (κ3) is 3.12. The lowest BCUT2D eigenvalue weighted by molar-refractivity contribution is 1.03. The van der Waals surface area contributed by atoms with Crippen molar-refractivity contribution in [1.82, 2.24) is 4.98 Å². The Bertz CT molecular complexity index is 344. The molecule has 0 spiro atoms. The summed E-state index contributed by atoms with van der Waals surface area (Å²) < 4.78 is 0. The van der Waals surface area contributed by atoms with Gasteiger partial charge < -0.3 is 0 Å². The molecule has 18 heavy (non-hydrogen) atoms. The summed E-state index contributed by atoms with van der Waals surface area (Å²) in [6, 6.07) is 8.65. The molecule has 0 aliphatic rings. The lowest BCUT2D eigenvalue weighted by atomic mass is 10.3. The molecule has 0 bridgehead atoms. The van der Waals surface area contributed by atoms with E-state index in [1.54, 1.807) is 0 Å². The van der Waals surface area contributed by atoms with Gasteiger partial charge in [0, 0.05) is 20.5 Å². The summed E-state index contributed by atoms with van der Waals surface area (Å²) in [5.74, 6) is 0. The molecule has 0 aromatic carbocycles. The Kier molecular flexibility index (Phi) is 5.35. The van der Waals surface area contributed by atoms with Gasteiger partial charge in [-0.3, -0.25) is 4.98 Å². The van der Waals surface area contributed by atoms with Crippen molar-refractivity contribution in [2.24, 2.45) is 0 Å². The minimum Gasteiger partial charge on any atom is -0.264 e. The van der Waals surface area contributed by atoms with Gasteiger partial charge in [0.2, 0.25) is 0 Å². The van der Waals surface area contributed by atoms with E-state index in [2.05, 4.69) is 63.7 Å². The first-order valence-electron chi connectivity index (χ1n) is 7.31. The predicted molar refractivity (Wildman–Crippen MR) is 87.5 cm³/mol. The van der Waals surface area contributed by atoms with Gasteiger partial charge in [0.15, 0.2) is 0 Å². The van der Waals surface area contributed by atoms with Gasteiger partial charge in [0.05, 0.1) is 8.07 Å². The predicted octanol–water partition coefficient (Wildman–Crippen LogP) is 5.09. The first kappa shape index (κ1) is 15.6. The highest BCUT2D eigenvalue weighted by Gasteiger charge is 2.44. The molecule has 0 N–H and O–H groups in total. The number of hydrogen-bond donors (Lipinski definition) is 0. The summed E-state index contributed by atoms with van der Waals surface area (Å²) in [4.78, 5) is 4.38. The second-order valence-corrected chi connectivity index (χ2v) is 17.8. The standard InChI is InChI=1S/C15H29NSi2/c1-7-18(8-2,9-3)15(17(4,5)6)14-11-10-12-16-13-14/h10-13,15H,7-9H2,1-6H3. The SMILES string of the molecule is CC[Si](CC)(CC)C(c1cccnc1)[Si](C)(C)C. The van der Waals surface area contributed by atoms with E-state index in [1.165, 1.54) is 23.7 Å². The lowest BCUT2D eigenvalue weighted by Gasteiger charge is -2.44. The topological polar surface area (TPSA) is 12.9 Å². The van der Waals surface area contributed by atoms with Crippen LogP contribution in [0.15, 0.2) is 24.5 Å². The molecule has 0 fully saturated rings. The molecule has 0 saturated carbocycles. The first-order chi connectivity index (χ1) is 8.41. The number of aromatic nitrogens is 1. The Hall–Kier alpha value is -0.416. The zero-order valence-corrected chi connectivity index (χ0v) is 15.0. The fraction of sp³-hybridized carbons (Fsp3) is 0.667. The maximum atomic E-state index is 4.38. The summed E-state index contributed by atoms with van der Waals surface area (Å²) in [7, 11) is -2.41. The molecule has 1 atom stereocenters. The average Bonchev–Trinajstić information content (AvgIpc) is 2.35. The average molecular weight is 280 g/mol. The molecule has 1 heterocycles. The maximum Gasteiger partial charge on any atom is 0.0577 e. The Labute approximate surface area is 115 Å². The molecule has 1 unspecified atom stereocenters. The normalized spacial score (nSPS) is 14.6. The van der Waals surface area contributed by atoms with Gasteiger partial charge in [0.25, 0.3) is 0 Å². The Morgan fingerprint density at radius 1 is 1.06 bits per heavy atom. The second-order valence-electron chi connectivity index (χ2n) is 6.51. The molecule has 0 radical (unpaired) electrons. The zero-order chi connectivity index (χ0) is 13.8. The van der Waals surface area contributed by atoms with Crippen LogP contribution in [0.1, 0.15) is 31.5 Å². The van der Waals surface area contributed by atoms with Gasteiger partial charge in [-0.1, -0.05) is 64.6 Å². The van der Waals surface area contributed by atoms with Crippen molar-refractivity contribution in [3.63, 3.8) is 0 Å². The fourth-order valence-corrected chi connectivity index (χ4v) is 17.6. The van der Waals surface area contributed by atoms with Crippen molar-refractivity contribution in [3.05, 3.63) is 30.1 Å². The van der Waals surface area contributed by atoms with Gasteiger partial charge in [-0.2, -0.15) is 0 Å². The number of nitrogens with zero attached hydrogens (tertiary/aromatic N) is 1. The molecule has 1 aromatic rings. The molecule has 0 aliphatic heterocycles. The number of rotatable bonds is 6. The van der Waals surface area contributed by atoms with E-state index >= 15 is 0 Å². The van der Waals surface area contributed by atoms with Crippen LogP contribution < -0.4 is 0 Å². The number of pyridine rings is 1. The van der Waals surface area contributed by atoms with E-state index in [0.29, 0.717) is 0 Å². The van der Waals surface area contributed by atoms with Crippen LogP contribution in [0.3, 0.4) is 0 Å². The monoisotopic (exact) mass is 279 g/mol. The second kappa shape index (κ2) is 6.15. The Morgan fingerprint density at radius 2 is 1.61 bits per heavy atom. The van der Waals surface area contributed by atoms with Gasteiger partial charge >= 0.3 is 0 Å². The van der Waals surface area contributed by atoms with Crippen molar-refractivity contribution >= 4 is 16.1 Å². The van der Waals surface area contributed by atoms with Crippen LogP contribution in [-0.4, -0.2) is 21.1 Å². The van der Waals surface area contributed by atoms with Crippen LogP contribution in [0.5, 0.6) is 0 Å². The van der Waals surface area contributed by atoms with Gasteiger partial charge in [-0.15, -0.1) is 0 Å². The van der Waals surface area contributed by atoms with Crippen LogP contribution in [0, 0.1) is 0 Å². The Balaban J connectivity index is 3.30. The van der Waals surface area contributed by atoms with E-state index in [0.717, 1.165) is 5.16 Å². The van der Waals surface area contributed by atoms with Crippen LogP contribution in [0.2, 0.25) is 37.8 Å². The summed E-state index contributed by atoms with van der Waals surface area (Å²) in [5, 5.41) is 0.846. The maximum absolute atomic E-state index is 4.38. The first-order valence-corrected chi connectivity index (χ1v) is 13.6. The molecule has 0 aliphatic carbocycles. The largest absolute Gasteiger partial charge is 0.264 e. The van der Waals surface area contributed by atoms with Gasteiger partial charge in [-0.05, 0) is 16.8 Å². The lowest BCUT2D eigenvalue weighted by Crippen LogP contribution is -2.51. The van der Waals surface area contributed by atoms with E-state index in [-0.39, 0.29) is 0 Å². The third-order valence-corrected chi connectivity index (χ3v) is 16.9. The molecule has 0 saturated heterocycles. The van der Waals surface area contributed by atoms with E-state index < -0.39 is 16.1 Å². The summed E-state index contributed by atoms with van der Waals surface area (Å²) >= 11 is 0. The zero-order valence-electron chi connectivity index (χ0n) is 13.0. The number of hydrogen-bond acceptors (Lipinski definition) is 1. The molecular weight excluding hydrogens is 250 g/mol. The molecule has 102 valence electrons. The quantitative estimate of drug-likeness (QED) is 0.661. The van der Waals surface area contributed by atoms with Crippen molar-refractivity contribution in [2.45, 2.75) is 63.7 Å². The van der Waals surface area contributed by atoms with Crippen LogP contribution in [0.4, 0.5) is 0 Å². The van der Waals surface area contributed by atoms with Crippen molar-refractivity contribution in [3.8, 4) is 0 Å². The highest BCUT2D eigenvalue weighted by Crippen LogP contribution is 2.41. The molecule has 0 amide bonds. The third-order valence-electron chi connectivity index (χ3n) is 4.61. The Morgan fingerprint density at radius 3 is 1.94 bits per heavy atom. The van der Waals surface area contributed by atoms with E-state index in [9.17, 15) is 0 Å². The van der Waals surface area contributed by atoms with Crippen molar-refractivity contribution in [2.75, 3.05) is 0 Å². The van der Waals surface area contributed by atoms with E-state index in [4.69, 9.17) is 0 Å². The smallest absolute Gasteiger partial charge is 0.0577 e. The molecular formula is C15H29NSi2. The summed E-state index contributed by atoms with van der Waals surface area (Å²) in [6.07, 6.45) is 4.03. The highest BCUT2D eigenvalue weighted by molar-refractivity contribution is 6.97. The summed E-state index contributed by atoms with van der Waals surface area (Å²) in [6.45, 7) is 14.9. The van der Waals surface area contributed by atoms with Crippen LogP contribution in [0.25, 0.3) is 0 Å². The van der Waals surface area contributed by atoms with Crippen molar-refractivity contribution in [1.29, 1.82) is 0 Å². The summed E-state index contributed by atoms with van der Waals surface area (Å²) in [5.41, 5.74) is 1.52. The van der Waals surface area contributed by atoms with Crippen LogP contribution in [-0.2, 0) is 0 Å². The molecule has 1 rings (SSSR count). The fourth-order valence-electron chi connectivity index (χ4n) is 3.68. The molecule has 3 heteroatoms. The minimum absolute atomic E-state index is 0.846. The molecule has 1 nitrogen and oxygen atoms in total. The molecule has 1 aromatic heterocycles.